The first-order valence-corrected chi connectivity index (χ1v) is 13.7. The lowest BCUT2D eigenvalue weighted by atomic mass is 9.83. The molecule has 6 rings (SSSR count). The number of hydrogen-bond acceptors (Lipinski definition) is 4. The number of nitrogens with one attached hydrogen (secondary N) is 3. The number of fused-ring (bicyclic) bond motifs is 1. The number of rotatable bonds is 6. The molecular weight excluding hydrogens is 468 g/mol. The Morgan fingerprint density at radius 3 is 2.62 bits per heavy atom. The van der Waals surface area contributed by atoms with Gasteiger partial charge in [0.05, 0.1) is 0 Å². The summed E-state index contributed by atoms with van der Waals surface area (Å²) in [5, 5.41) is 13.3. The molecule has 9 heteroatoms. The fourth-order valence-electron chi connectivity index (χ4n) is 6.45. The molecule has 2 aromatic rings. The van der Waals surface area contributed by atoms with Gasteiger partial charge in [0.25, 0.3) is 5.91 Å². The van der Waals surface area contributed by atoms with Crippen LogP contribution in [0.1, 0.15) is 66.6 Å². The summed E-state index contributed by atoms with van der Waals surface area (Å²) >= 11 is 0. The number of benzene rings is 1. The van der Waals surface area contributed by atoms with Gasteiger partial charge in [-0.1, -0.05) is 25.3 Å². The molecule has 1 aromatic heterocycles. The number of aryl methyl sites for hydroxylation is 1. The Bertz CT molecular complexity index is 1210. The van der Waals surface area contributed by atoms with Crippen molar-refractivity contribution < 1.29 is 14.4 Å². The highest BCUT2D eigenvalue weighted by Crippen LogP contribution is 2.48. The number of nitrogens with zero attached hydrogens (tertiary/aromatic N) is 3. The van der Waals surface area contributed by atoms with Gasteiger partial charge in [-0.25, -0.2) is 4.79 Å². The van der Waals surface area contributed by atoms with E-state index in [1.807, 2.05) is 17.0 Å². The molecule has 2 heterocycles. The summed E-state index contributed by atoms with van der Waals surface area (Å²) in [6.45, 7) is 1.65. The van der Waals surface area contributed by atoms with E-state index in [0.717, 1.165) is 57.3 Å². The molecule has 4 aliphatic rings. The SMILES string of the molecule is Cn1nccc1C(=O)N[C@H](C(=O)Nc1ccc2c(c1)CC(N1CC3(CC3)CNC1=O)C2)C1CCCCC1. The minimum Gasteiger partial charge on any atom is -0.339 e. The molecule has 1 unspecified atom stereocenters. The van der Waals surface area contributed by atoms with Crippen LogP contribution in [0.5, 0.6) is 0 Å². The first-order valence-electron chi connectivity index (χ1n) is 13.7. The Hall–Kier alpha value is -3.36. The number of aromatic nitrogens is 2. The summed E-state index contributed by atoms with van der Waals surface area (Å²) in [6.07, 6.45) is 10.8. The van der Waals surface area contributed by atoms with Crippen molar-refractivity contribution in [3.05, 3.63) is 47.3 Å². The monoisotopic (exact) mass is 504 g/mol. The molecule has 1 spiro atoms. The third-order valence-electron chi connectivity index (χ3n) is 8.91. The zero-order chi connectivity index (χ0) is 25.6. The Morgan fingerprint density at radius 1 is 1.11 bits per heavy atom. The summed E-state index contributed by atoms with van der Waals surface area (Å²) in [6, 6.07) is 7.33. The molecule has 3 fully saturated rings. The van der Waals surface area contributed by atoms with Crippen LogP contribution in [0.25, 0.3) is 0 Å². The van der Waals surface area contributed by atoms with Crippen LogP contribution in [-0.2, 0) is 24.7 Å². The van der Waals surface area contributed by atoms with Crippen LogP contribution >= 0.6 is 0 Å². The van der Waals surface area contributed by atoms with Crippen molar-refractivity contribution in [1.29, 1.82) is 0 Å². The number of carbonyl (C=O) groups excluding carboxylic acids is 3. The molecule has 2 atom stereocenters. The largest absolute Gasteiger partial charge is 0.339 e. The minimum absolute atomic E-state index is 0.0448. The second-order valence-electron chi connectivity index (χ2n) is 11.5. The average molecular weight is 505 g/mol. The first kappa shape index (κ1) is 24.0. The lowest BCUT2D eigenvalue weighted by Gasteiger charge is -2.37. The summed E-state index contributed by atoms with van der Waals surface area (Å²) in [4.78, 5) is 41.1. The van der Waals surface area contributed by atoms with Crippen molar-refractivity contribution in [1.82, 2.24) is 25.3 Å². The maximum absolute atomic E-state index is 13.5. The van der Waals surface area contributed by atoms with E-state index in [1.54, 1.807) is 19.3 Å². The van der Waals surface area contributed by atoms with Crippen LogP contribution in [0.2, 0.25) is 0 Å². The van der Waals surface area contributed by atoms with E-state index in [9.17, 15) is 14.4 Å². The van der Waals surface area contributed by atoms with Crippen molar-refractivity contribution in [3.8, 4) is 0 Å². The molecule has 9 nitrogen and oxygen atoms in total. The van der Waals surface area contributed by atoms with Crippen LogP contribution in [0, 0.1) is 11.3 Å². The van der Waals surface area contributed by atoms with E-state index in [4.69, 9.17) is 0 Å². The van der Waals surface area contributed by atoms with E-state index in [0.29, 0.717) is 5.69 Å². The highest BCUT2D eigenvalue weighted by molar-refractivity contribution is 6.00. The lowest BCUT2D eigenvalue weighted by Crippen LogP contribution is -2.56. The standard InChI is InChI=1S/C28H36N6O3/c1-33-23(9-12-30-33)25(35)32-24(18-5-3-2-4-6-18)26(36)31-21-8-7-19-14-22(15-20(19)13-21)34-17-28(10-11-28)16-29-27(34)37/h7-9,12-13,18,22,24H,2-6,10-11,14-17H2,1H3,(H,29,37)(H,31,36)(H,32,35)/t22?,24-/m0/s1. The van der Waals surface area contributed by atoms with Gasteiger partial charge < -0.3 is 20.9 Å². The lowest BCUT2D eigenvalue weighted by molar-refractivity contribution is -0.119. The number of urea groups is 1. The van der Waals surface area contributed by atoms with Gasteiger partial charge >= 0.3 is 6.03 Å². The van der Waals surface area contributed by atoms with E-state index in [1.165, 1.54) is 35.1 Å². The van der Waals surface area contributed by atoms with Gasteiger partial charge in [-0.15, -0.1) is 0 Å². The number of anilines is 1. The summed E-state index contributed by atoms with van der Waals surface area (Å²) in [7, 11) is 1.72. The van der Waals surface area contributed by atoms with Crippen LogP contribution in [0.15, 0.2) is 30.5 Å². The highest BCUT2D eigenvalue weighted by Gasteiger charge is 2.49. The van der Waals surface area contributed by atoms with Crippen LogP contribution < -0.4 is 16.0 Å². The molecule has 1 aliphatic heterocycles. The Labute approximate surface area is 217 Å². The van der Waals surface area contributed by atoms with Gasteiger partial charge in [-0.3, -0.25) is 14.3 Å². The maximum Gasteiger partial charge on any atom is 0.317 e. The molecule has 2 saturated carbocycles. The quantitative estimate of drug-likeness (QED) is 0.562. The first-order chi connectivity index (χ1) is 17.9. The highest BCUT2D eigenvalue weighted by atomic mass is 16.2. The fraction of sp³-hybridized carbons (Fsp3) is 0.571. The summed E-state index contributed by atoms with van der Waals surface area (Å²) < 4.78 is 1.52. The van der Waals surface area contributed by atoms with Crippen LogP contribution in [0.4, 0.5) is 10.5 Å². The Balaban J connectivity index is 1.15. The van der Waals surface area contributed by atoms with Gasteiger partial charge in [0.15, 0.2) is 0 Å². The van der Waals surface area contributed by atoms with Gasteiger partial charge in [0.1, 0.15) is 11.7 Å². The smallest absolute Gasteiger partial charge is 0.317 e. The van der Waals surface area contributed by atoms with Gasteiger partial charge in [0, 0.05) is 43.5 Å². The van der Waals surface area contributed by atoms with Crippen molar-refractivity contribution in [2.24, 2.45) is 18.4 Å². The topological polar surface area (TPSA) is 108 Å². The van der Waals surface area contributed by atoms with Crippen molar-refractivity contribution >= 4 is 23.5 Å². The summed E-state index contributed by atoms with van der Waals surface area (Å²) in [5.41, 5.74) is 3.88. The van der Waals surface area contributed by atoms with E-state index < -0.39 is 6.04 Å². The maximum atomic E-state index is 13.5. The second-order valence-corrected chi connectivity index (χ2v) is 11.5. The molecule has 3 N–H and O–H groups in total. The predicted molar refractivity (Wildman–Crippen MR) is 139 cm³/mol. The zero-order valence-electron chi connectivity index (χ0n) is 21.5. The molecule has 1 aromatic carbocycles. The van der Waals surface area contributed by atoms with E-state index in [2.05, 4.69) is 27.1 Å². The molecule has 37 heavy (non-hydrogen) atoms. The molecule has 1 saturated heterocycles. The minimum atomic E-state index is -0.601. The zero-order valence-corrected chi connectivity index (χ0v) is 21.5. The van der Waals surface area contributed by atoms with Gasteiger partial charge in [0.2, 0.25) is 5.91 Å². The van der Waals surface area contributed by atoms with Crippen LogP contribution in [0.3, 0.4) is 0 Å². The number of carbonyl (C=O) groups is 3. The molecule has 0 bridgehead atoms. The molecule has 0 radical (unpaired) electrons. The molecule has 4 amide bonds. The van der Waals surface area contributed by atoms with Crippen LogP contribution in [-0.4, -0.2) is 57.7 Å². The summed E-state index contributed by atoms with van der Waals surface area (Å²) in [5.74, 6) is -0.351. The number of hydrogen-bond donors (Lipinski definition) is 3. The second kappa shape index (κ2) is 9.50. The van der Waals surface area contributed by atoms with E-state index >= 15 is 0 Å². The van der Waals surface area contributed by atoms with Crippen molar-refractivity contribution in [2.45, 2.75) is 69.9 Å². The Morgan fingerprint density at radius 2 is 1.89 bits per heavy atom. The molecule has 196 valence electrons. The molecule has 3 aliphatic carbocycles. The van der Waals surface area contributed by atoms with Gasteiger partial charge in [-0.05, 0) is 73.8 Å². The third-order valence-corrected chi connectivity index (χ3v) is 8.91. The number of amides is 4. The fourth-order valence-corrected chi connectivity index (χ4v) is 6.45. The van der Waals surface area contributed by atoms with E-state index in [-0.39, 0.29) is 35.2 Å². The Kier molecular flexibility index (Phi) is 6.16. The van der Waals surface area contributed by atoms with Crippen molar-refractivity contribution in [3.63, 3.8) is 0 Å². The van der Waals surface area contributed by atoms with Crippen molar-refractivity contribution in [2.75, 3.05) is 18.4 Å². The normalized spacial score (nSPS) is 23.3. The van der Waals surface area contributed by atoms with Gasteiger partial charge in [-0.2, -0.15) is 5.10 Å². The average Bonchev–Trinajstić information content (AvgIpc) is 3.29. The third kappa shape index (κ3) is 4.83. The predicted octanol–water partition coefficient (Wildman–Crippen LogP) is 3.01. The molecular formula is C28H36N6O3.